The minimum absolute atomic E-state index is 0. The number of aryl methyl sites for hydroxylation is 2. The van der Waals surface area contributed by atoms with Crippen LogP contribution in [0.5, 0.6) is 0 Å². The minimum atomic E-state index is 0. The monoisotopic (exact) mass is 496 g/mol. The molecule has 0 saturated carbocycles. The number of hydrogen-bond donors (Lipinski definition) is 2. The zero-order valence-corrected chi connectivity index (χ0v) is 19.8. The van der Waals surface area contributed by atoms with Crippen LogP contribution in [0.4, 0.5) is 0 Å². The lowest BCUT2D eigenvalue weighted by molar-refractivity contribution is 0.508. The number of fused-ring (bicyclic) bond motifs is 1. The molecule has 0 radical (unpaired) electrons. The van der Waals surface area contributed by atoms with E-state index < -0.39 is 0 Å². The maximum atomic E-state index is 4.73. The van der Waals surface area contributed by atoms with Crippen molar-refractivity contribution in [1.82, 2.24) is 25.4 Å². The van der Waals surface area contributed by atoms with E-state index in [1.165, 1.54) is 11.1 Å². The molecule has 1 aromatic carbocycles. The van der Waals surface area contributed by atoms with Gasteiger partial charge in [0.1, 0.15) is 12.4 Å². The Bertz CT molecular complexity index is 779. The van der Waals surface area contributed by atoms with Crippen LogP contribution in [0.25, 0.3) is 0 Å². The predicted molar refractivity (Wildman–Crippen MR) is 125 cm³/mol. The Labute approximate surface area is 185 Å². The summed E-state index contributed by atoms with van der Waals surface area (Å²) in [6.45, 7) is 12.0. The van der Waals surface area contributed by atoms with Crippen LogP contribution >= 0.6 is 24.0 Å². The van der Waals surface area contributed by atoms with Crippen molar-refractivity contribution >= 4 is 29.9 Å². The molecule has 0 atom stereocenters. The number of nitrogens with zero attached hydrogens (tertiary/aromatic N) is 4. The lowest BCUT2D eigenvalue weighted by Gasteiger charge is -2.27. The summed E-state index contributed by atoms with van der Waals surface area (Å²) in [6, 6.07) is 8.93. The minimum Gasteiger partial charge on any atom is -0.357 e. The van der Waals surface area contributed by atoms with Gasteiger partial charge < -0.3 is 15.2 Å². The molecule has 0 amide bonds. The SMILES string of the molecule is CCNC(=NCc1nnc2n1CCC2)NCC(C)(C)c1ccc(CC)cc1.I. The summed E-state index contributed by atoms with van der Waals surface area (Å²) < 4.78 is 2.20. The number of aliphatic imine (C=N–C) groups is 1. The first-order valence-corrected chi connectivity index (χ1v) is 10.1. The van der Waals surface area contributed by atoms with Gasteiger partial charge in [-0.15, -0.1) is 34.2 Å². The lowest BCUT2D eigenvalue weighted by atomic mass is 9.84. The molecule has 1 aliphatic rings. The molecular formula is C21H33IN6. The van der Waals surface area contributed by atoms with Crippen molar-refractivity contribution in [3.63, 3.8) is 0 Å². The number of nitrogens with one attached hydrogen (secondary N) is 2. The van der Waals surface area contributed by atoms with Gasteiger partial charge in [0, 0.05) is 31.5 Å². The summed E-state index contributed by atoms with van der Waals surface area (Å²) in [7, 11) is 0. The highest BCUT2D eigenvalue weighted by molar-refractivity contribution is 14.0. The Hall–Kier alpha value is -1.64. The normalized spacial score (nSPS) is 13.8. The standard InChI is InChI=1S/C21H32N6.HI/c1-5-16-9-11-17(12-10-16)21(3,4)15-24-20(22-6-2)23-14-19-26-25-18-8-7-13-27(18)19;/h9-12H,5-8,13-15H2,1-4H3,(H2,22,23,24);1H. The van der Waals surface area contributed by atoms with Gasteiger partial charge in [-0.3, -0.25) is 0 Å². The molecule has 3 rings (SSSR count). The Balaban J connectivity index is 0.00000280. The zero-order valence-electron chi connectivity index (χ0n) is 17.5. The summed E-state index contributed by atoms with van der Waals surface area (Å²) in [5.74, 6) is 2.87. The van der Waals surface area contributed by atoms with Crippen LogP contribution in [0.15, 0.2) is 29.3 Å². The molecule has 7 heteroatoms. The quantitative estimate of drug-likeness (QED) is 0.350. The topological polar surface area (TPSA) is 67.1 Å². The molecule has 0 spiro atoms. The summed E-state index contributed by atoms with van der Waals surface area (Å²) >= 11 is 0. The second kappa shape index (κ2) is 10.2. The molecule has 6 nitrogen and oxygen atoms in total. The number of halogens is 1. The van der Waals surface area contributed by atoms with Gasteiger partial charge >= 0.3 is 0 Å². The van der Waals surface area contributed by atoms with Gasteiger partial charge in [-0.05, 0) is 30.9 Å². The van der Waals surface area contributed by atoms with Gasteiger partial charge in [0.05, 0.1) is 0 Å². The van der Waals surface area contributed by atoms with Crippen LogP contribution in [0.3, 0.4) is 0 Å². The molecular weight excluding hydrogens is 463 g/mol. The molecule has 2 N–H and O–H groups in total. The van der Waals surface area contributed by atoms with Crippen LogP contribution in [-0.4, -0.2) is 33.8 Å². The van der Waals surface area contributed by atoms with E-state index >= 15 is 0 Å². The molecule has 0 bridgehead atoms. The summed E-state index contributed by atoms with van der Waals surface area (Å²) in [6.07, 6.45) is 3.26. The Morgan fingerprint density at radius 2 is 1.89 bits per heavy atom. The molecule has 2 heterocycles. The van der Waals surface area contributed by atoms with Gasteiger partial charge in [0.15, 0.2) is 11.8 Å². The average molecular weight is 496 g/mol. The van der Waals surface area contributed by atoms with Gasteiger partial charge in [-0.1, -0.05) is 45.0 Å². The fourth-order valence-electron chi connectivity index (χ4n) is 3.42. The third kappa shape index (κ3) is 5.46. The van der Waals surface area contributed by atoms with Gasteiger partial charge in [-0.2, -0.15) is 0 Å². The highest BCUT2D eigenvalue weighted by Crippen LogP contribution is 2.23. The van der Waals surface area contributed by atoms with Crippen molar-refractivity contribution < 1.29 is 0 Å². The Morgan fingerprint density at radius 3 is 2.57 bits per heavy atom. The number of rotatable bonds is 7. The third-order valence-corrected chi connectivity index (χ3v) is 5.25. The molecule has 0 aliphatic carbocycles. The van der Waals surface area contributed by atoms with Crippen LogP contribution in [0, 0.1) is 0 Å². The first kappa shape index (κ1) is 22.6. The van der Waals surface area contributed by atoms with Crippen LogP contribution in [0.1, 0.15) is 56.9 Å². The van der Waals surface area contributed by atoms with E-state index in [2.05, 4.69) is 77.4 Å². The second-order valence-electron chi connectivity index (χ2n) is 7.77. The van der Waals surface area contributed by atoms with Crippen molar-refractivity contribution in [1.29, 1.82) is 0 Å². The van der Waals surface area contributed by atoms with E-state index in [0.717, 1.165) is 56.5 Å². The third-order valence-electron chi connectivity index (χ3n) is 5.25. The maximum Gasteiger partial charge on any atom is 0.191 e. The number of guanidine groups is 1. The number of hydrogen-bond acceptors (Lipinski definition) is 3. The van der Waals surface area contributed by atoms with E-state index in [0.29, 0.717) is 6.54 Å². The summed E-state index contributed by atoms with van der Waals surface area (Å²) in [4.78, 5) is 4.73. The zero-order chi connectivity index (χ0) is 19.3. The highest BCUT2D eigenvalue weighted by atomic mass is 127. The fourth-order valence-corrected chi connectivity index (χ4v) is 3.42. The van der Waals surface area contributed by atoms with Crippen LogP contribution < -0.4 is 10.6 Å². The predicted octanol–water partition coefficient (Wildman–Crippen LogP) is 3.44. The Kier molecular flexibility index (Phi) is 8.27. The lowest BCUT2D eigenvalue weighted by Crippen LogP contribution is -2.43. The fraction of sp³-hybridized carbons (Fsp3) is 0.571. The van der Waals surface area contributed by atoms with Crippen molar-refractivity contribution in [2.45, 2.75) is 65.5 Å². The first-order valence-electron chi connectivity index (χ1n) is 10.1. The smallest absolute Gasteiger partial charge is 0.191 e. The largest absolute Gasteiger partial charge is 0.357 e. The van der Waals surface area contributed by atoms with Crippen molar-refractivity contribution in [2.75, 3.05) is 13.1 Å². The van der Waals surface area contributed by atoms with E-state index in [-0.39, 0.29) is 29.4 Å². The Morgan fingerprint density at radius 1 is 1.14 bits per heavy atom. The van der Waals surface area contributed by atoms with Crippen molar-refractivity contribution in [3.05, 3.63) is 47.0 Å². The molecule has 0 fully saturated rings. The molecule has 154 valence electrons. The molecule has 1 aliphatic heterocycles. The summed E-state index contributed by atoms with van der Waals surface area (Å²) in [5, 5.41) is 15.4. The number of aromatic nitrogens is 3. The second-order valence-corrected chi connectivity index (χ2v) is 7.77. The molecule has 0 saturated heterocycles. The maximum absolute atomic E-state index is 4.73. The van der Waals surface area contributed by atoms with E-state index in [1.807, 2.05) is 0 Å². The van der Waals surface area contributed by atoms with Crippen LogP contribution in [0.2, 0.25) is 0 Å². The van der Waals surface area contributed by atoms with Gasteiger partial charge in [-0.25, -0.2) is 4.99 Å². The van der Waals surface area contributed by atoms with Crippen LogP contribution in [-0.2, 0) is 31.3 Å². The molecule has 0 unspecified atom stereocenters. The van der Waals surface area contributed by atoms with Gasteiger partial charge in [0.25, 0.3) is 0 Å². The summed E-state index contributed by atoms with van der Waals surface area (Å²) in [5.41, 5.74) is 2.72. The molecule has 2 aromatic rings. The van der Waals surface area contributed by atoms with Crippen molar-refractivity contribution in [2.24, 2.45) is 4.99 Å². The average Bonchev–Trinajstić information content (AvgIpc) is 3.28. The van der Waals surface area contributed by atoms with Gasteiger partial charge in [0.2, 0.25) is 0 Å². The van der Waals surface area contributed by atoms with E-state index in [1.54, 1.807) is 0 Å². The molecule has 1 aromatic heterocycles. The molecule has 28 heavy (non-hydrogen) atoms. The van der Waals surface area contributed by atoms with Crippen molar-refractivity contribution in [3.8, 4) is 0 Å². The number of benzene rings is 1. The first-order chi connectivity index (χ1) is 13.0. The van der Waals surface area contributed by atoms with E-state index in [9.17, 15) is 0 Å². The van der Waals surface area contributed by atoms with E-state index in [4.69, 9.17) is 4.99 Å². The highest BCUT2D eigenvalue weighted by Gasteiger charge is 2.21.